The molecule has 1 unspecified atom stereocenters. The molecule has 0 saturated heterocycles. The number of fused-ring (bicyclic) bond motifs is 1. The van der Waals surface area contributed by atoms with Gasteiger partial charge in [-0.25, -0.2) is 14.6 Å². The van der Waals surface area contributed by atoms with Gasteiger partial charge in [0.15, 0.2) is 0 Å². The van der Waals surface area contributed by atoms with Crippen molar-refractivity contribution in [3.05, 3.63) is 50.9 Å². The third-order valence-corrected chi connectivity index (χ3v) is 6.50. The molecule has 0 aliphatic carbocycles. The number of carboxylic acid groups (broad SMARTS) is 1. The summed E-state index contributed by atoms with van der Waals surface area (Å²) >= 11 is 6.00. The third kappa shape index (κ3) is 7.56. The Kier molecular flexibility index (Phi) is 9.54. The molecule has 1 aliphatic rings. The minimum atomic E-state index is -1.28. The lowest BCUT2D eigenvalue weighted by Gasteiger charge is -2.36. The van der Waals surface area contributed by atoms with Gasteiger partial charge in [-0.1, -0.05) is 31.4 Å². The van der Waals surface area contributed by atoms with E-state index < -0.39 is 29.7 Å². The number of aromatic nitrogens is 2. The molecule has 1 aromatic heterocycles. The fraction of sp³-hybridized carbons (Fsp3) is 0.519. The second kappa shape index (κ2) is 12.4. The highest BCUT2D eigenvalue weighted by Crippen LogP contribution is 2.33. The number of halogens is 1. The molecule has 0 spiro atoms. The van der Waals surface area contributed by atoms with Crippen molar-refractivity contribution in [2.45, 2.75) is 83.9 Å². The molecule has 0 bridgehead atoms. The number of H-pyrrole nitrogens is 1. The fourth-order valence-corrected chi connectivity index (χ4v) is 4.55. The molecule has 3 N–H and O–H groups in total. The number of nitrogens with zero attached hydrogens (tertiary/aromatic N) is 2. The van der Waals surface area contributed by atoms with E-state index in [2.05, 4.69) is 10.3 Å². The number of ether oxygens (including phenoxy) is 1. The SMILES string of the molecule is CCCCC1c2nc(-c3ccc(Cl)cc3)[nH]c(=O)c2CCN1C(=O)CC[C@H](NC(=O)OC(C)(C)C)C(=O)O. The summed E-state index contributed by atoms with van der Waals surface area (Å²) in [5, 5.41) is 12.5. The zero-order valence-corrected chi connectivity index (χ0v) is 22.9. The van der Waals surface area contributed by atoms with E-state index in [1.54, 1.807) is 49.9 Å². The van der Waals surface area contributed by atoms with Gasteiger partial charge in [0.25, 0.3) is 5.56 Å². The van der Waals surface area contributed by atoms with Crippen LogP contribution in [0.5, 0.6) is 0 Å². The molecule has 3 rings (SSSR count). The van der Waals surface area contributed by atoms with E-state index in [1.807, 2.05) is 6.92 Å². The average Bonchev–Trinajstić information content (AvgIpc) is 2.83. The highest BCUT2D eigenvalue weighted by molar-refractivity contribution is 6.30. The normalized spacial score (nSPS) is 15.9. The van der Waals surface area contributed by atoms with Crippen molar-refractivity contribution in [2.24, 2.45) is 0 Å². The van der Waals surface area contributed by atoms with Crippen molar-refractivity contribution in [2.75, 3.05) is 6.54 Å². The number of benzene rings is 1. The molecule has 0 saturated carbocycles. The first kappa shape index (κ1) is 29.2. The van der Waals surface area contributed by atoms with Gasteiger partial charge < -0.3 is 25.0 Å². The van der Waals surface area contributed by atoms with E-state index in [9.17, 15) is 24.3 Å². The van der Waals surface area contributed by atoms with E-state index in [1.165, 1.54) is 0 Å². The number of carboxylic acids is 1. The minimum Gasteiger partial charge on any atom is -0.480 e. The summed E-state index contributed by atoms with van der Waals surface area (Å²) < 4.78 is 5.15. The van der Waals surface area contributed by atoms with Crippen LogP contribution >= 0.6 is 11.6 Å². The van der Waals surface area contributed by atoms with Crippen molar-refractivity contribution in [1.82, 2.24) is 20.2 Å². The van der Waals surface area contributed by atoms with Crippen LogP contribution < -0.4 is 10.9 Å². The molecule has 2 atom stereocenters. The second-order valence-electron chi connectivity index (χ2n) is 10.4. The number of carbonyl (C=O) groups is 3. The quantitative estimate of drug-likeness (QED) is 0.421. The Balaban J connectivity index is 1.82. The molecule has 1 aromatic carbocycles. The Morgan fingerprint density at radius 1 is 1.26 bits per heavy atom. The summed E-state index contributed by atoms with van der Waals surface area (Å²) in [4.78, 5) is 59.5. The van der Waals surface area contributed by atoms with E-state index in [4.69, 9.17) is 21.3 Å². The second-order valence-corrected chi connectivity index (χ2v) is 10.8. The van der Waals surface area contributed by atoms with Crippen molar-refractivity contribution in [1.29, 1.82) is 0 Å². The summed E-state index contributed by atoms with van der Waals surface area (Å²) in [6.07, 6.45) is 1.60. The lowest BCUT2D eigenvalue weighted by molar-refractivity contribution is -0.140. The van der Waals surface area contributed by atoms with Crippen LogP contribution in [0.25, 0.3) is 11.4 Å². The predicted molar refractivity (Wildman–Crippen MR) is 143 cm³/mol. The third-order valence-electron chi connectivity index (χ3n) is 6.25. The van der Waals surface area contributed by atoms with Gasteiger partial charge in [-0.15, -0.1) is 0 Å². The van der Waals surface area contributed by atoms with Crippen molar-refractivity contribution in [3.63, 3.8) is 0 Å². The molecule has 11 heteroatoms. The highest BCUT2D eigenvalue weighted by Gasteiger charge is 2.34. The van der Waals surface area contributed by atoms with Gasteiger partial charge in [-0.05, 0) is 64.3 Å². The van der Waals surface area contributed by atoms with E-state index in [0.717, 1.165) is 12.8 Å². The smallest absolute Gasteiger partial charge is 0.408 e. The maximum Gasteiger partial charge on any atom is 0.408 e. The predicted octanol–water partition coefficient (Wildman–Crippen LogP) is 4.46. The Morgan fingerprint density at radius 3 is 2.55 bits per heavy atom. The maximum atomic E-state index is 13.4. The van der Waals surface area contributed by atoms with Gasteiger partial charge in [0.05, 0.1) is 11.7 Å². The number of unbranched alkanes of at least 4 members (excludes halogenated alkanes) is 1. The maximum absolute atomic E-state index is 13.4. The molecule has 2 aromatic rings. The molecule has 1 aliphatic heterocycles. The van der Waals surface area contributed by atoms with E-state index in [-0.39, 0.29) is 24.3 Å². The number of aliphatic carboxylic acids is 1. The Bertz CT molecular complexity index is 1220. The van der Waals surface area contributed by atoms with Crippen LogP contribution in [-0.4, -0.2) is 56.1 Å². The first-order valence-electron chi connectivity index (χ1n) is 12.8. The van der Waals surface area contributed by atoms with Crippen LogP contribution in [0.4, 0.5) is 4.79 Å². The summed E-state index contributed by atoms with van der Waals surface area (Å²) in [6, 6.07) is 5.27. The standard InChI is InChI=1S/C27H35ClN4O6/c1-5-6-7-20-22-18(24(34)31-23(30-22)16-8-10-17(28)11-9-16)14-15-32(20)21(33)13-12-19(25(35)36)29-26(37)38-27(2,3)4/h8-11,19-20H,5-7,12-15H2,1-4H3,(H,29,37)(H,35,36)(H,30,31,34)/t19-,20?/m0/s1. The van der Waals surface area contributed by atoms with Gasteiger partial charge in [0.2, 0.25) is 5.91 Å². The van der Waals surface area contributed by atoms with Crippen LogP contribution in [0.2, 0.25) is 5.02 Å². The summed E-state index contributed by atoms with van der Waals surface area (Å²) in [6.45, 7) is 7.39. The zero-order chi connectivity index (χ0) is 28.0. The average molecular weight is 547 g/mol. The van der Waals surface area contributed by atoms with Gasteiger partial charge in [0.1, 0.15) is 17.5 Å². The summed E-state index contributed by atoms with van der Waals surface area (Å²) in [5.41, 5.74) is 0.800. The molecular weight excluding hydrogens is 512 g/mol. The molecule has 2 amide bonds. The largest absolute Gasteiger partial charge is 0.480 e. The van der Waals surface area contributed by atoms with Crippen LogP contribution in [0.15, 0.2) is 29.1 Å². The molecular formula is C27H35ClN4O6. The monoisotopic (exact) mass is 546 g/mol. The van der Waals surface area contributed by atoms with Crippen molar-refractivity contribution >= 4 is 29.6 Å². The zero-order valence-electron chi connectivity index (χ0n) is 22.2. The number of alkyl carbamates (subject to hydrolysis) is 1. The number of rotatable bonds is 9. The van der Waals surface area contributed by atoms with E-state index in [0.29, 0.717) is 47.1 Å². The molecule has 10 nitrogen and oxygen atoms in total. The van der Waals surface area contributed by atoms with Crippen LogP contribution in [0.1, 0.15) is 77.1 Å². The Hall–Kier alpha value is -3.40. The number of carbonyl (C=O) groups excluding carboxylic acids is 2. The number of nitrogens with one attached hydrogen (secondary N) is 2. The lowest BCUT2D eigenvalue weighted by Crippen LogP contribution is -2.46. The van der Waals surface area contributed by atoms with Gasteiger partial charge in [0, 0.05) is 29.1 Å². The molecule has 206 valence electrons. The molecule has 0 radical (unpaired) electrons. The topological polar surface area (TPSA) is 142 Å². The molecule has 38 heavy (non-hydrogen) atoms. The van der Waals surface area contributed by atoms with Crippen molar-refractivity contribution < 1.29 is 24.2 Å². The minimum absolute atomic E-state index is 0.0993. The molecule has 2 heterocycles. The fourth-order valence-electron chi connectivity index (χ4n) is 4.42. The summed E-state index contributed by atoms with van der Waals surface area (Å²) in [7, 11) is 0. The highest BCUT2D eigenvalue weighted by atomic mass is 35.5. The Labute approximate surface area is 226 Å². The van der Waals surface area contributed by atoms with Crippen LogP contribution in [0, 0.1) is 0 Å². The van der Waals surface area contributed by atoms with Gasteiger partial charge in [-0.2, -0.15) is 0 Å². The van der Waals surface area contributed by atoms with Crippen molar-refractivity contribution in [3.8, 4) is 11.4 Å². The Morgan fingerprint density at radius 2 is 1.95 bits per heavy atom. The van der Waals surface area contributed by atoms with E-state index >= 15 is 0 Å². The number of amides is 2. The lowest BCUT2D eigenvalue weighted by atomic mass is 9.93. The first-order chi connectivity index (χ1) is 17.9. The van der Waals surface area contributed by atoms with Crippen LogP contribution in [-0.2, 0) is 20.7 Å². The number of hydrogen-bond acceptors (Lipinski definition) is 6. The van der Waals surface area contributed by atoms with Crippen LogP contribution in [0.3, 0.4) is 0 Å². The number of hydrogen-bond donors (Lipinski definition) is 3. The first-order valence-corrected chi connectivity index (χ1v) is 13.2. The van der Waals surface area contributed by atoms with Gasteiger partial charge >= 0.3 is 12.1 Å². The van der Waals surface area contributed by atoms with Gasteiger partial charge in [-0.3, -0.25) is 9.59 Å². The molecule has 0 fully saturated rings. The number of aromatic amines is 1. The summed E-state index contributed by atoms with van der Waals surface area (Å²) in [5.74, 6) is -1.12.